The van der Waals surface area contributed by atoms with Crippen molar-refractivity contribution in [2.45, 2.75) is 91.1 Å². The van der Waals surface area contributed by atoms with Gasteiger partial charge in [0.2, 0.25) is 0 Å². The van der Waals surface area contributed by atoms with Gasteiger partial charge in [-0.2, -0.15) is 4.98 Å². The molecule has 2 aliphatic rings. The number of nitrogens with two attached hydrogens (primary N) is 1. The number of fused-ring (bicyclic) bond motifs is 1. The summed E-state index contributed by atoms with van der Waals surface area (Å²) in [4.78, 5) is 26.8. The number of aldehydes is 2. The summed E-state index contributed by atoms with van der Waals surface area (Å²) in [5.41, 5.74) is 5.86. The van der Waals surface area contributed by atoms with Crippen LogP contribution in [-0.2, 0) is 16.0 Å². The number of alkyl halides is 2. The first-order valence-corrected chi connectivity index (χ1v) is 15.4. The number of ether oxygens (including phenoxy) is 1. The maximum Gasteiger partial charge on any atom is 0.324 e. The van der Waals surface area contributed by atoms with Crippen LogP contribution in [0.5, 0.6) is 5.75 Å². The van der Waals surface area contributed by atoms with Crippen LogP contribution in [0, 0.1) is 0 Å². The number of anilines is 1. The molecule has 3 N–H and O–H groups in total. The topological polar surface area (TPSA) is 124 Å². The van der Waals surface area contributed by atoms with Crippen LogP contribution in [0.2, 0.25) is 0 Å². The molecule has 9 nitrogen and oxygen atoms in total. The zero-order valence-corrected chi connectivity index (χ0v) is 27.6. The average Bonchev–Trinajstić information content (AvgIpc) is 3.54. The maximum absolute atomic E-state index is 15.5. The molecule has 2 aliphatic heterocycles. The molecule has 1 aromatic carbocycles. The molecule has 1 aromatic heterocycles. The summed E-state index contributed by atoms with van der Waals surface area (Å²) in [6.45, 7) is 13.3. The number of rotatable bonds is 9. The first-order valence-electron chi connectivity index (χ1n) is 15.4. The normalized spacial score (nSPS) is 16.7. The van der Waals surface area contributed by atoms with Crippen LogP contribution in [-0.4, -0.2) is 68.0 Å². The van der Waals surface area contributed by atoms with Crippen molar-refractivity contribution in [2.24, 2.45) is 5.73 Å². The average molecular weight is 620 g/mol. The molecule has 1 fully saturated rings. The molecule has 0 bridgehead atoms. The number of hydrogen-bond acceptors (Lipinski definition) is 9. The third-order valence-corrected chi connectivity index (χ3v) is 7.31. The van der Waals surface area contributed by atoms with Crippen molar-refractivity contribution in [3.63, 3.8) is 0 Å². The quantitative estimate of drug-likeness (QED) is 0.147. The Kier molecular flexibility index (Phi) is 16.7. The van der Waals surface area contributed by atoms with E-state index in [-0.39, 0.29) is 25.2 Å². The molecule has 11 heteroatoms. The van der Waals surface area contributed by atoms with E-state index in [9.17, 15) is 9.59 Å². The van der Waals surface area contributed by atoms with Crippen molar-refractivity contribution in [2.75, 3.05) is 38.6 Å². The van der Waals surface area contributed by atoms with E-state index in [1.54, 1.807) is 18.2 Å². The van der Waals surface area contributed by atoms with Gasteiger partial charge in [-0.3, -0.25) is 4.79 Å². The second kappa shape index (κ2) is 19.1. The zero-order chi connectivity index (χ0) is 33.3. The van der Waals surface area contributed by atoms with Crippen molar-refractivity contribution in [3.8, 4) is 5.75 Å². The summed E-state index contributed by atoms with van der Waals surface area (Å²) >= 11 is 0. The van der Waals surface area contributed by atoms with Gasteiger partial charge in [0.15, 0.2) is 11.4 Å². The maximum atomic E-state index is 15.5. The van der Waals surface area contributed by atoms with E-state index in [2.05, 4.69) is 21.2 Å². The molecule has 2 aromatic rings. The molecule has 0 saturated carbocycles. The smallest absolute Gasteiger partial charge is 0.324 e. The number of hydrogen-bond donors (Lipinski definition) is 2. The highest BCUT2D eigenvalue weighted by Crippen LogP contribution is 2.49. The van der Waals surface area contributed by atoms with E-state index >= 15 is 8.78 Å². The van der Waals surface area contributed by atoms with Gasteiger partial charge in [-0.05, 0) is 56.3 Å². The van der Waals surface area contributed by atoms with Crippen molar-refractivity contribution < 1.29 is 27.6 Å². The van der Waals surface area contributed by atoms with Crippen LogP contribution >= 0.6 is 0 Å². The summed E-state index contributed by atoms with van der Waals surface area (Å²) < 4.78 is 42.4. The minimum atomic E-state index is -3.01. The number of nitrogens with zero attached hydrogens (tertiary/aromatic N) is 3. The van der Waals surface area contributed by atoms with Crippen molar-refractivity contribution in [3.05, 3.63) is 52.9 Å². The molecule has 3 heterocycles. The van der Waals surface area contributed by atoms with Gasteiger partial charge in [0.25, 0.3) is 5.92 Å². The number of benzene rings is 1. The predicted molar refractivity (Wildman–Crippen MR) is 172 cm³/mol. The first-order chi connectivity index (χ1) is 21.1. The molecule has 0 radical (unpaired) electrons. The Morgan fingerprint density at radius 3 is 2.32 bits per heavy atom. The molecule has 246 valence electrons. The largest absolute Gasteiger partial charge is 0.481 e. The highest BCUT2D eigenvalue weighted by atomic mass is 19.3. The molecular formula is C33H51F2N5O4. The molecule has 0 unspecified atom stereocenters. The van der Waals surface area contributed by atoms with Crippen molar-refractivity contribution >= 4 is 24.2 Å². The first kappa shape index (κ1) is 38.6. The van der Waals surface area contributed by atoms with Gasteiger partial charge in [0.1, 0.15) is 18.3 Å². The van der Waals surface area contributed by atoms with Crippen molar-refractivity contribution in [1.82, 2.24) is 15.5 Å². The third kappa shape index (κ3) is 10.1. The van der Waals surface area contributed by atoms with Gasteiger partial charge < -0.3 is 30.0 Å². The Labute approximate surface area is 261 Å². The number of piperidine rings is 1. The van der Waals surface area contributed by atoms with E-state index in [0.717, 1.165) is 30.3 Å². The standard InChI is InChI=1S/C26H31F2N3O3.C4H9NO.C2H6.CH5N/c1-5-19(16-32)7-6-18(4)20-8-9-22-21(14-20)15-26(27,28)25(33-22)10-12-31(13-11-25)24-29-23(17(2)3)30-34-24;1-5-3-2-4-6;2*1-2/h6-9,14,16-17H,5,10-13,15H2,1-4H3;4-5H,2-3H2,1H3;1-2H3;2H2,1H3/b18-6+,19-7+;;;. The number of aromatic nitrogens is 2. The Morgan fingerprint density at radius 2 is 1.82 bits per heavy atom. The fraction of sp³-hybridized carbons (Fsp3) is 0.576. The molecule has 1 saturated heterocycles. The van der Waals surface area contributed by atoms with Gasteiger partial charge in [-0.1, -0.05) is 58.0 Å². The second-order valence-corrected chi connectivity index (χ2v) is 10.5. The molecule has 4 rings (SSSR count). The molecule has 1 spiro atoms. The van der Waals surface area contributed by atoms with Crippen LogP contribution in [0.4, 0.5) is 14.8 Å². The lowest BCUT2D eigenvalue weighted by molar-refractivity contribution is -0.185. The van der Waals surface area contributed by atoms with Crippen LogP contribution in [0.15, 0.2) is 40.4 Å². The third-order valence-electron chi connectivity index (χ3n) is 7.31. The van der Waals surface area contributed by atoms with E-state index in [1.807, 2.05) is 65.6 Å². The van der Waals surface area contributed by atoms with E-state index in [4.69, 9.17) is 9.26 Å². The van der Waals surface area contributed by atoms with Crippen LogP contribution < -0.4 is 20.7 Å². The van der Waals surface area contributed by atoms with Crippen LogP contribution in [0.1, 0.15) is 90.1 Å². The fourth-order valence-corrected chi connectivity index (χ4v) is 4.64. The molecule has 0 aliphatic carbocycles. The van der Waals surface area contributed by atoms with Crippen LogP contribution in [0.25, 0.3) is 5.57 Å². The molecule has 44 heavy (non-hydrogen) atoms. The Bertz CT molecular complexity index is 1220. The molecule has 0 atom stereocenters. The predicted octanol–water partition coefficient (Wildman–Crippen LogP) is 6.14. The SMILES string of the molecule is CC.CC/C(C=O)=C\C=C(/C)c1ccc2c(c1)CC(F)(F)C1(CCN(c3nc(C(C)C)no3)CC1)O2.CN.CNCCC=O. The van der Waals surface area contributed by atoms with Gasteiger partial charge in [0, 0.05) is 56.8 Å². The number of halogens is 2. The minimum Gasteiger partial charge on any atom is -0.481 e. The lowest BCUT2D eigenvalue weighted by Crippen LogP contribution is -2.61. The summed E-state index contributed by atoms with van der Waals surface area (Å²) in [5.74, 6) is -1.76. The minimum absolute atomic E-state index is 0.134. The zero-order valence-electron chi connectivity index (χ0n) is 27.6. The second-order valence-electron chi connectivity index (χ2n) is 10.5. The Hall–Kier alpha value is -3.44. The highest BCUT2D eigenvalue weighted by molar-refractivity contribution is 5.75. The number of allylic oxidation sites excluding steroid dienone is 4. The van der Waals surface area contributed by atoms with Crippen molar-refractivity contribution in [1.29, 1.82) is 0 Å². The van der Waals surface area contributed by atoms with E-state index in [1.165, 1.54) is 7.05 Å². The number of nitrogens with one attached hydrogen (secondary N) is 1. The summed E-state index contributed by atoms with van der Waals surface area (Å²) in [5, 5.41) is 6.81. The van der Waals surface area contributed by atoms with Gasteiger partial charge in [0.05, 0.1) is 0 Å². The lowest BCUT2D eigenvalue weighted by atomic mass is 9.79. The Balaban J connectivity index is 0.000000853. The van der Waals surface area contributed by atoms with E-state index in [0.29, 0.717) is 54.7 Å². The summed E-state index contributed by atoms with van der Waals surface area (Å²) in [7, 11) is 3.32. The van der Waals surface area contributed by atoms with E-state index < -0.39 is 11.5 Å². The monoisotopic (exact) mass is 619 g/mol. The highest BCUT2D eigenvalue weighted by Gasteiger charge is 2.59. The van der Waals surface area contributed by atoms with Crippen LogP contribution in [0.3, 0.4) is 0 Å². The lowest BCUT2D eigenvalue weighted by Gasteiger charge is -2.48. The van der Waals surface area contributed by atoms with Gasteiger partial charge >= 0.3 is 6.01 Å². The fourth-order valence-electron chi connectivity index (χ4n) is 4.64. The number of carbonyl (C=O) groups is 2. The van der Waals surface area contributed by atoms with Gasteiger partial charge in [-0.25, -0.2) is 8.78 Å². The molecular weight excluding hydrogens is 568 g/mol. The Morgan fingerprint density at radius 1 is 1.16 bits per heavy atom. The summed E-state index contributed by atoms with van der Waals surface area (Å²) in [6.07, 6.45) is 6.56. The summed E-state index contributed by atoms with van der Waals surface area (Å²) in [6, 6.07) is 5.80. The number of carbonyl (C=O) groups excluding carboxylic acids is 2. The van der Waals surface area contributed by atoms with Gasteiger partial charge in [-0.15, -0.1) is 0 Å². The molecule has 0 amide bonds.